The Morgan fingerprint density at radius 3 is 2.43 bits per heavy atom. The molecule has 188 valence electrons. The van der Waals surface area contributed by atoms with Crippen LogP contribution in [-0.2, 0) is 6.42 Å². The summed E-state index contributed by atoms with van der Waals surface area (Å²) in [5.74, 6) is 0.222. The first kappa shape index (κ1) is 27.1. The quantitative estimate of drug-likeness (QED) is 0.319. The number of allylic oxidation sites excluding steroid dienone is 6. The summed E-state index contributed by atoms with van der Waals surface area (Å²) in [6, 6.07) is 1.60. The van der Waals surface area contributed by atoms with Crippen molar-refractivity contribution in [2.24, 2.45) is 5.41 Å². The van der Waals surface area contributed by atoms with Gasteiger partial charge in [-0.25, -0.2) is 9.97 Å². The second kappa shape index (κ2) is 12.4. The molecule has 0 unspecified atom stereocenters. The van der Waals surface area contributed by atoms with Crippen molar-refractivity contribution < 1.29 is 0 Å². The average molecular weight is 495 g/mol. The molecule has 0 fully saturated rings. The standard InChI is InChI=1S/C29H39ClN4O/c1-21(9-6-10-22(2)14-15-26-23(3)12-8-16-29(26,4)5)11-7-13-24-17-27(35)34(33-18-24)28-31-19-25(30)20-32-28/h10-11,17-20H,6-9,12-16H2,1-5H3/b21-11+,22-10+. The Bertz CT molecular complexity index is 1160. The summed E-state index contributed by atoms with van der Waals surface area (Å²) in [4.78, 5) is 20.5. The van der Waals surface area contributed by atoms with E-state index in [0.29, 0.717) is 10.4 Å². The predicted molar refractivity (Wildman–Crippen MR) is 145 cm³/mol. The lowest BCUT2D eigenvalue weighted by atomic mass is 9.71. The first-order valence-electron chi connectivity index (χ1n) is 12.7. The van der Waals surface area contributed by atoms with Gasteiger partial charge in [0.1, 0.15) is 0 Å². The first-order chi connectivity index (χ1) is 16.7. The van der Waals surface area contributed by atoms with Crippen molar-refractivity contribution in [2.45, 2.75) is 92.4 Å². The summed E-state index contributed by atoms with van der Waals surface area (Å²) in [6.07, 6.45) is 19.4. The van der Waals surface area contributed by atoms with Crippen molar-refractivity contribution in [1.82, 2.24) is 19.7 Å². The maximum absolute atomic E-state index is 12.4. The molecule has 3 rings (SSSR count). The fourth-order valence-electron chi connectivity index (χ4n) is 4.93. The van der Waals surface area contributed by atoms with Gasteiger partial charge in [0.05, 0.1) is 23.6 Å². The minimum Gasteiger partial charge on any atom is -0.267 e. The van der Waals surface area contributed by atoms with Crippen molar-refractivity contribution in [3.05, 3.63) is 80.0 Å². The molecule has 0 aliphatic heterocycles. The summed E-state index contributed by atoms with van der Waals surface area (Å²) >= 11 is 5.81. The second-order valence-electron chi connectivity index (χ2n) is 10.5. The van der Waals surface area contributed by atoms with Gasteiger partial charge in [-0.05, 0) is 89.5 Å². The third-order valence-corrected chi connectivity index (χ3v) is 7.26. The van der Waals surface area contributed by atoms with Crippen LogP contribution in [0.4, 0.5) is 0 Å². The van der Waals surface area contributed by atoms with Crippen LogP contribution in [0.15, 0.2) is 63.9 Å². The normalized spacial score (nSPS) is 16.6. The number of hydrogen-bond acceptors (Lipinski definition) is 4. The highest BCUT2D eigenvalue weighted by Crippen LogP contribution is 2.42. The van der Waals surface area contributed by atoms with Crippen molar-refractivity contribution in [3.8, 4) is 5.95 Å². The van der Waals surface area contributed by atoms with Gasteiger partial charge >= 0.3 is 0 Å². The first-order valence-corrected chi connectivity index (χ1v) is 13.1. The Morgan fingerprint density at radius 2 is 1.74 bits per heavy atom. The van der Waals surface area contributed by atoms with E-state index in [2.05, 4.69) is 61.8 Å². The lowest BCUT2D eigenvalue weighted by molar-refractivity contribution is 0.354. The molecular formula is C29H39ClN4O. The van der Waals surface area contributed by atoms with Crippen molar-refractivity contribution in [3.63, 3.8) is 0 Å². The van der Waals surface area contributed by atoms with Gasteiger partial charge in [-0.1, -0.05) is 59.9 Å². The molecule has 0 radical (unpaired) electrons. The fourth-order valence-corrected chi connectivity index (χ4v) is 5.03. The SMILES string of the molecule is CC1=C(CC/C(C)=C/CC/C(C)=C/CCc2cnn(-c3ncc(Cl)cn3)c(=O)c2)C(C)(C)CCC1. The molecule has 0 saturated carbocycles. The van der Waals surface area contributed by atoms with Gasteiger partial charge in [-0.3, -0.25) is 4.79 Å². The molecule has 0 atom stereocenters. The summed E-state index contributed by atoms with van der Waals surface area (Å²) in [7, 11) is 0. The Hall–Kier alpha value is -2.53. The van der Waals surface area contributed by atoms with Crippen LogP contribution in [0.25, 0.3) is 5.95 Å². The van der Waals surface area contributed by atoms with Gasteiger partial charge in [0.2, 0.25) is 0 Å². The monoisotopic (exact) mass is 494 g/mol. The number of halogens is 1. The molecule has 0 amide bonds. The molecular weight excluding hydrogens is 456 g/mol. The van der Waals surface area contributed by atoms with Gasteiger partial charge in [0.15, 0.2) is 0 Å². The van der Waals surface area contributed by atoms with E-state index >= 15 is 0 Å². The van der Waals surface area contributed by atoms with Crippen LogP contribution in [0, 0.1) is 5.41 Å². The molecule has 0 N–H and O–H groups in total. The number of aryl methyl sites for hydroxylation is 1. The van der Waals surface area contributed by atoms with Crippen LogP contribution in [0.1, 0.15) is 91.5 Å². The average Bonchev–Trinajstić information content (AvgIpc) is 2.79. The van der Waals surface area contributed by atoms with Gasteiger partial charge in [-0.15, -0.1) is 0 Å². The summed E-state index contributed by atoms with van der Waals surface area (Å²) in [6.45, 7) is 11.6. The fraction of sp³-hybridized carbons (Fsp3) is 0.517. The lowest BCUT2D eigenvalue weighted by Crippen LogP contribution is -2.22. The summed E-state index contributed by atoms with van der Waals surface area (Å²) < 4.78 is 1.18. The van der Waals surface area contributed by atoms with Crippen molar-refractivity contribution >= 4 is 11.6 Å². The minimum atomic E-state index is -0.242. The largest absolute Gasteiger partial charge is 0.274 e. The molecule has 2 heterocycles. The van der Waals surface area contributed by atoms with E-state index in [0.717, 1.165) is 31.2 Å². The zero-order valence-electron chi connectivity index (χ0n) is 21.9. The third kappa shape index (κ3) is 7.99. The number of hydrogen-bond donors (Lipinski definition) is 0. The van der Waals surface area contributed by atoms with Gasteiger partial charge in [0, 0.05) is 6.07 Å². The van der Waals surface area contributed by atoms with E-state index in [1.54, 1.807) is 23.4 Å². The van der Waals surface area contributed by atoms with E-state index in [-0.39, 0.29) is 11.5 Å². The maximum atomic E-state index is 12.4. The van der Waals surface area contributed by atoms with Crippen LogP contribution in [0.5, 0.6) is 0 Å². The second-order valence-corrected chi connectivity index (χ2v) is 10.9. The summed E-state index contributed by atoms with van der Waals surface area (Å²) in [5.41, 5.74) is 7.23. The van der Waals surface area contributed by atoms with E-state index in [1.807, 2.05) is 0 Å². The molecule has 2 aromatic rings. The van der Waals surface area contributed by atoms with E-state index < -0.39 is 0 Å². The van der Waals surface area contributed by atoms with E-state index in [1.165, 1.54) is 60.3 Å². The van der Waals surface area contributed by atoms with E-state index in [9.17, 15) is 4.79 Å². The predicted octanol–water partition coefficient (Wildman–Crippen LogP) is 7.59. The Morgan fingerprint density at radius 1 is 1.06 bits per heavy atom. The van der Waals surface area contributed by atoms with Crippen LogP contribution < -0.4 is 5.56 Å². The minimum absolute atomic E-state index is 0.222. The van der Waals surface area contributed by atoms with Crippen LogP contribution in [0.3, 0.4) is 0 Å². The molecule has 1 aliphatic rings. The molecule has 2 aromatic heterocycles. The highest BCUT2D eigenvalue weighted by molar-refractivity contribution is 6.30. The molecule has 0 spiro atoms. The van der Waals surface area contributed by atoms with Crippen LogP contribution in [0.2, 0.25) is 5.02 Å². The Balaban J connectivity index is 1.44. The third-order valence-electron chi connectivity index (χ3n) is 7.07. The molecule has 0 saturated heterocycles. The molecule has 5 nitrogen and oxygen atoms in total. The Labute approximate surface area is 215 Å². The maximum Gasteiger partial charge on any atom is 0.274 e. The molecule has 1 aliphatic carbocycles. The van der Waals surface area contributed by atoms with Crippen molar-refractivity contribution in [2.75, 3.05) is 0 Å². The van der Waals surface area contributed by atoms with Crippen molar-refractivity contribution in [1.29, 1.82) is 0 Å². The molecule has 0 bridgehead atoms. The van der Waals surface area contributed by atoms with Crippen LogP contribution >= 0.6 is 11.6 Å². The number of nitrogens with zero attached hydrogens (tertiary/aromatic N) is 4. The smallest absolute Gasteiger partial charge is 0.267 e. The summed E-state index contributed by atoms with van der Waals surface area (Å²) in [5, 5.41) is 4.63. The molecule has 6 heteroatoms. The highest BCUT2D eigenvalue weighted by Gasteiger charge is 2.27. The zero-order chi connectivity index (χ0) is 25.4. The lowest BCUT2D eigenvalue weighted by Gasteiger charge is -2.35. The Kier molecular flexibility index (Phi) is 9.62. The van der Waals surface area contributed by atoms with Gasteiger partial charge < -0.3 is 0 Å². The highest BCUT2D eigenvalue weighted by atomic mass is 35.5. The zero-order valence-corrected chi connectivity index (χ0v) is 22.7. The van der Waals surface area contributed by atoms with E-state index in [4.69, 9.17) is 11.6 Å². The van der Waals surface area contributed by atoms with Gasteiger partial charge in [-0.2, -0.15) is 9.78 Å². The topological polar surface area (TPSA) is 60.7 Å². The number of aromatic nitrogens is 4. The van der Waals surface area contributed by atoms with Gasteiger partial charge in [0.25, 0.3) is 11.5 Å². The number of rotatable bonds is 10. The molecule has 0 aromatic carbocycles. The van der Waals surface area contributed by atoms with Crippen LogP contribution in [-0.4, -0.2) is 19.7 Å². The molecule has 35 heavy (non-hydrogen) atoms.